The first-order chi connectivity index (χ1) is 11.8. The van der Waals surface area contributed by atoms with E-state index in [1.807, 2.05) is 35.8 Å². The molecule has 24 heavy (non-hydrogen) atoms. The molecule has 0 radical (unpaired) electrons. The van der Waals surface area contributed by atoms with Crippen LogP contribution in [0.25, 0.3) is 11.0 Å². The fourth-order valence-electron chi connectivity index (χ4n) is 3.20. The summed E-state index contributed by atoms with van der Waals surface area (Å²) < 4.78 is 5.62. The number of para-hydroxylation sites is 1. The maximum Gasteiger partial charge on any atom is 0.287 e. The Hall–Kier alpha value is -2.34. The van der Waals surface area contributed by atoms with E-state index in [9.17, 15) is 4.79 Å². The van der Waals surface area contributed by atoms with Gasteiger partial charge in [0.2, 0.25) is 0 Å². The summed E-state index contributed by atoms with van der Waals surface area (Å²) in [6.45, 7) is 2.65. The zero-order valence-corrected chi connectivity index (χ0v) is 14.1. The number of anilines is 1. The quantitative estimate of drug-likeness (QED) is 0.788. The number of hydrogen-bond donors (Lipinski definition) is 1. The number of fused-ring (bicyclic) bond motifs is 1. The molecule has 0 saturated carbocycles. The minimum absolute atomic E-state index is 0.141. The van der Waals surface area contributed by atoms with Gasteiger partial charge in [-0.3, -0.25) is 4.79 Å². The number of amides is 1. The first kappa shape index (κ1) is 15.2. The highest BCUT2D eigenvalue weighted by molar-refractivity contribution is 7.13. The third kappa shape index (κ3) is 3.14. The molecule has 2 aromatic heterocycles. The number of carbonyl (C=O) groups excluding carboxylic acids is 1. The average Bonchev–Trinajstić information content (AvgIpc) is 3.29. The number of nitrogens with one attached hydrogen (secondary N) is 1. The van der Waals surface area contributed by atoms with Crippen LogP contribution in [0.2, 0.25) is 0 Å². The summed E-state index contributed by atoms with van der Waals surface area (Å²) in [7, 11) is 0. The molecular weight excluding hydrogens is 322 g/mol. The molecule has 3 aromatic rings. The summed E-state index contributed by atoms with van der Waals surface area (Å²) in [5, 5.41) is 7.05. The van der Waals surface area contributed by atoms with Crippen molar-refractivity contribution in [1.82, 2.24) is 10.3 Å². The highest BCUT2D eigenvalue weighted by Crippen LogP contribution is 2.24. The normalized spacial score (nSPS) is 18.0. The van der Waals surface area contributed by atoms with Gasteiger partial charge in [-0.2, -0.15) is 0 Å². The summed E-state index contributed by atoms with van der Waals surface area (Å²) in [4.78, 5) is 19.0. The summed E-state index contributed by atoms with van der Waals surface area (Å²) in [6, 6.07) is 9.47. The third-order valence-corrected chi connectivity index (χ3v) is 5.24. The lowest BCUT2D eigenvalue weighted by molar-refractivity contribution is 0.0920. The maximum atomic E-state index is 12.3. The number of aromatic nitrogens is 1. The van der Waals surface area contributed by atoms with Gasteiger partial charge < -0.3 is 14.6 Å². The molecule has 1 fully saturated rings. The Kier molecular flexibility index (Phi) is 4.21. The van der Waals surface area contributed by atoms with Crippen LogP contribution >= 0.6 is 11.3 Å². The van der Waals surface area contributed by atoms with Crippen LogP contribution in [0.1, 0.15) is 23.4 Å². The van der Waals surface area contributed by atoms with E-state index in [2.05, 4.69) is 15.2 Å². The maximum absolute atomic E-state index is 12.3. The largest absolute Gasteiger partial charge is 0.451 e. The second kappa shape index (κ2) is 6.65. The Balaban J connectivity index is 1.36. The smallest absolute Gasteiger partial charge is 0.287 e. The molecule has 4 rings (SSSR count). The van der Waals surface area contributed by atoms with Gasteiger partial charge in [0.1, 0.15) is 5.58 Å². The van der Waals surface area contributed by atoms with Gasteiger partial charge in [0.15, 0.2) is 10.9 Å². The van der Waals surface area contributed by atoms with Crippen molar-refractivity contribution in [2.45, 2.75) is 12.8 Å². The van der Waals surface area contributed by atoms with Gasteiger partial charge in [-0.25, -0.2) is 4.98 Å². The van der Waals surface area contributed by atoms with Gasteiger partial charge in [-0.15, -0.1) is 11.3 Å². The summed E-state index contributed by atoms with van der Waals surface area (Å²) in [5.41, 5.74) is 0.746. The van der Waals surface area contributed by atoms with Gasteiger partial charge >= 0.3 is 0 Å². The van der Waals surface area contributed by atoms with Crippen LogP contribution in [0, 0.1) is 5.92 Å². The Bertz CT molecular complexity index is 795. The van der Waals surface area contributed by atoms with Crippen LogP contribution in [0.3, 0.4) is 0 Å². The molecule has 6 heteroatoms. The van der Waals surface area contributed by atoms with Crippen molar-refractivity contribution in [3.63, 3.8) is 0 Å². The lowest BCUT2D eigenvalue weighted by Gasteiger charge is -2.32. The number of hydrogen-bond acceptors (Lipinski definition) is 5. The van der Waals surface area contributed by atoms with E-state index >= 15 is 0 Å². The Morgan fingerprint density at radius 1 is 1.42 bits per heavy atom. The number of furan rings is 1. The minimum atomic E-state index is -0.141. The van der Waals surface area contributed by atoms with Gasteiger partial charge in [0.25, 0.3) is 5.91 Å². The first-order valence-corrected chi connectivity index (χ1v) is 9.09. The van der Waals surface area contributed by atoms with Crippen LogP contribution < -0.4 is 10.2 Å². The van der Waals surface area contributed by atoms with Crippen molar-refractivity contribution in [3.8, 4) is 0 Å². The Labute approximate surface area is 144 Å². The molecule has 5 nitrogen and oxygen atoms in total. The molecule has 1 aliphatic heterocycles. The molecule has 0 aliphatic carbocycles. The Morgan fingerprint density at radius 3 is 3.17 bits per heavy atom. The number of rotatable bonds is 4. The SMILES string of the molecule is O=C(NC[C@H]1CCCN(c2nccs2)C1)c1cc2ccccc2o1. The van der Waals surface area contributed by atoms with E-state index in [0.29, 0.717) is 18.2 Å². The molecule has 1 aromatic carbocycles. The molecule has 0 unspecified atom stereocenters. The molecule has 0 bridgehead atoms. The third-order valence-electron chi connectivity index (χ3n) is 4.41. The molecule has 124 valence electrons. The van der Waals surface area contributed by atoms with Crippen LogP contribution in [-0.4, -0.2) is 30.5 Å². The lowest BCUT2D eigenvalue weighted by Crippen LogP contribution is -2.40. The minimum Gasteiger partial charge on any atom is -0.451 e. The lowest BCUT2D eigenvalue weighted by atomic mass is 9.98. The van der Waals surface area contributed by atoms with Gasteiger partial charge in [-0.05, 0) is 30.9 Å². The van der Waals surface area contributed by atoms with Crippen LogP contribution in [0.5, 0.6) is 0 Å². The number of piperidine rings is 1. The molecule has 1 saturated heterocycles. The van der Waals surface area contributed by atoms with Gasteiger partial charge in [0.05, 0.1) is 0 Å². The zero-order valence-electron chi connectivity index (χ0n) is 13.3. The van der Waals surface area contributed by atoms with Crippen LogP contribution in [0.15, 0.2) is 46.3 Å². The highest BCUT2D eigenvalue weighted by atomic mass is 32.1. The van der Waals surface area contributed by atoms with Crippen molar-refractivity contribution >= 4 is 33.3 Å². The number of carbonyl (C=O) groups is 1. The molecular formula is C18H19N3O2S. The fraction of sp³-hybridized carbons (Fsp3) is 0.333. The van der Waals surface area contributed by atoms with Gasteiger partial charge in [0, 0.05) is 36.6 Å². The molecule has 1 atom stereocenters. The van der Waals surface area contributed by atoms with E-state index in [-0.39, 0.29) is 5.91 Å². The predicted octanol–water partition coefficient (Wildman–Crippen LogP) is 3.54. The van der Waals surface area contributed by atoms with Crippen molar-refractivity contribution in [1.29, 1.82) is 0 Å². The molecule has 3 heterocycles. The van der Waals surface area contributed by atoms with Crippen LogP contribution in [0.4, 0.5) is 5.13 Å². The standard InChI is InChI=1S/C18H19N3O2S/c22-17(16-10-14-5-1-2-6-15(14)23-16)20-11-13-4-3-8-21(12-13)18-19-7-9-24-18/h1-2,5-7,9-10,13H,3-4,8,11-12H2,(H,20,22)/t13-/m1/s1. The summed E-state index contributed by atoms with van der Waals surface area (Å²) in [6.07, 6.45) is 4.10. The van der Waals surface area contributed by atoms with Crippen molar-refractivity contribution in [2.75, 3.05) is 24.5 Å². The number of nitrogens with zero attached hydrogens (tertiary/aromatic N) is 2. The molecule has 0 spiro atoms. The average molecular weight is 341 g/mol. The first-order valence-electron chi connectivity index (χ1n) is 8.21. The van der Waals surface area contributed by atoms with E-state index in [1.165, 1.54) is 0 Å². The summed E-state index contributed by atoms with van der Waals surface area (Å²) in [5.74, 6) is 0.678. The fourth-order valence-corrected chi connectivity index (χ4v) is 3.88. The van der Waals surface area contributed by atoms with E-state index in [4.69, 9.17) is 4.42 Å². The van der Waals surface area contributed by atoms with E-state index < -0.39 is 0 Å². The highest BCUT2D eigenvalue weighted by Gasteiger charge is 2.22. The number of benzene rings is 1. The second-order valence-corrected chi connectivity index (χ2v) is 7.00. The second-order valence-electron chi connectivity index (χ2n) is 6.13. The van der Waals surface area contributed by atoms with Crippen molar-refractivity contribution in [3.05, 3.63) is 47.7 Å². The number of thiazole rings is 1. The molecule has 1 aliphatic rings. The van der Waals surface area contributed by atoms with E-state index in [0.717, 1.165) is 42.0 Å². The predicted molar refractivity (Wildman–Crippen MR) is 95.6 cm³/mol. The zero-order chi connectivity index (χ0) is 16.4. The topological polar surface area (TPSA) is 58.4 Å². The molecule has 1 amide bonds. The Morgan fingerprint density at radius 2 is 2.33 bits per heavy atom. The monoisotopic (exact) mass is 341 g/mol. The summed E-state index contributed by atoms with van der Waals surface area (Å²) >= 11 is 1.67. The van der Waals surface area contributed by atoms with Crippen LogP contribution in [-0.2, 0) is 0 Å². The van der Waals surface area contributed by atoms with E-state index in [1.54, 1.807) is 17.4 Å². The van der Waals surface area contributed by atoms with Crippen molar-refractivity contribution < 1.29 is 9.21 Å². The van der Waals surface area contributed by atoms with Gasteiger partial charge in [-0.1, -0.05) is 18.2 Å². The molecule has 1 N–H and O–H groups in total. The van der Waals surface area contributed by atoms with Crippen molar-refractivity contribution in [2.24, 2.45) is 5.92 Å².